The number of carbonyl (C=O) groups is 1. The summed E-state index contributed by atoms with van der Waals surface area (Å²) in [7, 11) is 1.77. The molecule has 3 aromatic rings. The SMILES string of the molecule is CCCc1cc(=O)n2nc(N(C)CC(=O)Nc3ccc(C(C)C)cc3)sc2n1. The van der Waals surface area contributed by atoms with E-state index in [-0.39, 0.29) is 18.0 Å². The van der Waals surface area contributed by atoms with Gasteiger partial charge in [-0.25, -0.2) is 4.98 Å². The fourth-order valence-electron chi connectivity index (χ4n) is 2.82. The number of hydrogen-bond acceptors (Lipinski definition) is 6. The van der Waals surface area contributed by atoms with Crippen LogP contribution in [0.2, 0.25) is 0 Å². The molecule has 2 heterocycles. The predicted octanol–water partition coefficient (Wildman–Crippen LogP) is 3.30. The van der Waals surface area contributed by atoms with E-state index < -0.39 is 0 Å². The molecule has 0 atom stereocenters. The highest BCUT2D eigenvalue weighted by molar-refractivity contribution is 7.20. The lowest BCUT2D eigenvalue weighted by atomic mass is 10.0. The van der Waals surface area contributed by atoms with Crippen molar-refractivity contribution in [2.75, 3.05) is 23.8 Å². The van der Waals surface area contributed by atoms with E-state index >= 15 is 0 Å². The average Bonchev–Trinajstić information content (AvgIpc) is 3.07. The molecule has 28 heavy (non-hydrogen) atoms. The van der Waals surface area contributed by atoms with Crippen LogP contribution >= 0.6 is 11.3 Å². The minimum atomic E-state index is -0.195. The number of carbonyl (C=O) groups excluding carboxylic acids is 1. The van der Waals surface area contributed by atoms with Crippen LogP contribution in [-0.2, 0) is 11.2 Å². The number of nitrogens with one attached hydrogen (secondary N) is 1. The molecule has 7 nitrogen and oxygen atoms in total. The number of rotatable bonds is 7. The summed E-state index contributed by atoms with van der Waals surface area (Å²) in [5.41, 5.74) is 2.56. The van der Waals surface area contributed by atoms with Gasteiger partial charge < -0.3 is 10.2 Å². The molecule has 0 radical (unpaired) electrons. The molecule has 1 amide bonds. The van der Waals surface area contributed by atoms with Crippen molar-refractivity contribution >= 4 is 33.0 Å². The molecular formula is C20H25N5O2S. The second-order valence-corrected chi connectivity index (χ2v) is 8.03. The van der Waals surface area contributed by atoms with E-state index in [1.54, 1.807) is 11.9 Å². The van der Waals surface area contributed by atoms with Crippen LogP contribution in [0.1, 0.15) is 44.4 Å². The maximum absolute atomic E-state index is 12.4. The first-order valence-electron chi connectivity index (χ1n) is 9.38. The van der Waals surface area contributed by atoms with Gasteiger partial charge in [0.1, 0.15) is 0 Å². The molecule has 1 aromatic carbocycles. The predicted molar refractivity (Wildman–Crippen MR) is 114 cm³/mol. The van der Waals surface area contributed by atoms with Gasteiger partial charge >= 0.3 is 0 Å². The first-order valence-corrected chi connectivity index (χ1v) is 10.2. The summed E-state index contributed by atoms with van der Waals surface area (Å²) >= 11 is 1.30. The molecule has 0 fully saturated rings. The van der Waals surface area contributed by atoms with Crippen molar-refractivity contribution in [1.82, 2.24) is 14.6 Å². The van der Waals surface area contributed by atoms with Crippen molar-refractivity contribution in [3.8, 4) is 0 Å². The molecule has 0 unspecified atom stereocenters. The van der Waals surface area contributed by atoms with Crippen molar-refractivity contribution in [2.24, 2.45) is 0 Å². The molecule has 148 valence electrons. The van der Waals surface area contributed by atoms with Gasteiger partial charge in [0.25, 0.3) is 5.56 Å². The summed E-state index contributed by atoms with van der Waals surface area (Å²) in [5.74, 6) is 0.302. The summed E-state index contributed by atoms with van der Waals surface area (Å²) in [6, 6.07) is 9.37. The highest BCUT2D eigenvalue weighted by Crippen LogP contribution is 2.21. The highest BCUT2D eigenvalue weighted by atomic mass is 32.1. The van der Waals surface area contributed by atoms with Gasteiger partial charge in [-0.3, -0.25) is 9.59 Å². The quantitative estimate of drug-likeness (QED) is 0.659. The van der Waals surface area contributed by atoms with Crippen molar-refractivity contribution in [2.45, 2.75) is 39.5 Å². The van der Waals surface area contributed by atoms with E-state index in [2.05, 4.69) is 29.2 Å². The van der Waals surface area contributed by atoms with E-state index in [0.29, 0.717) is 16.0 Å². The second-order valence-electron chi connectivity index (χ2n) is 7.10. The summed E-state index contributed by atoms with van der Waals surface area (Å²) in [6.45, 7) is 6.44. The van der Waals surface area contributed by atoms with Gasteiger partial charge in [-0.05, 0) is 30.0 Å². The van der Waals surface area contributed by atoms with Crippen molar-refractivity contribution < 1.29 is 4.79 Å². The Morgan fingerprint density at radius 2 is 2.00 bits per heavy atom. The first kappa shape index (κ1) is 20.0. The molecular weight excluding hydrogens is 374 g/mol. The zero-order chi connectivity index (χ0) is 20.3. The Labute approximate surface area is 168 Å². The van der Waals surface area contributed by atoms with E-state index in [1.165, 1.54) is 27.5 Å². The van der Waals surface area contributed by atoms with Crippen LogP contribution < -0.4 is 15.8 Å². The summed E-state index contributed by atoms with van der Waals surface area (Å²) in [5, 5.41) is 7.78. The number of hydrogen-bond donors (Lipinski definition) is 1. The van der Waals surface area contributed by atoms with Crippen molar-refractivity contribution in [3.05, 3.63) is 51.9 Å². The Hall–Kier alpha value is -2.74. The van der Waals surface area contributed by atoms with E-state index in [1.807, 2.05) is 31.2 Å². The maximum atomic E-state index is 12.4. The number of aryl methyl sites for hydroxylation is 1. The summed E-state index contributed by atoms with van der Waals surface area (Å²) in [6.07, 6.45) is 1.68. The molecule has 2 aromatic heterocycles. The van der Waals surface area contributed by atoms with E-state index in [4.69, 9.17) is 0 Å². The number of likely N-dealkylation sites (N-methyl/N-ethyl adjacent to an activating group) is 1. The van der Waals surface area contributed by atoms with Gasteiger partial charge in [0.15, 0.2) is 0 Å². The fraction of sp³-hybridized carbons (Fsp3) is 0.400. The molecule has 0 bridgehead atoms. The first-order chi connectivity index (χ1) is 13.4. The van der Waals surface area contributed by atoms with Gasteiger partial charge in [-0.2, -0.15) is 4.52 Å². The fourth-order valence-corrected chi connectivity index (χ4v) is 3.71. The molecule has 1 N–H and O–H groups in total. The van der Waals surface area contributed by atoms with Crippen molar-refractivity contribution in [3.63, 3.8) is 0 Å². The van der Waals surface area contributed by atoms with Crippen LogP contribution in [0.5, 0.6) is 0 Å². The molecule has 3 rings (SSSR count). The lowest BCUT2D eigenvalue weighted by molar-refractivity contribution is -0.114. The summed E-state index contributed by atoms with van der Waals surface area (Å²) in [4.78, 5) is 31.3. The van der Waals surface area contributed by atoms with Crippen LogP contribution in [0.4, 0.5) is 10.8 Å². The zero-order valence-electron chi connectivity index (χ0n) is 16.6. The number of amides is 1. The van der Waals surface area contributed by atoms with Crippen LogP contribution in [-0.4, -0.2) is 34.1 Å². The topological polar surface area (TPSA) is 79.6 Å². The smallest absolute Gasteiger partial charge is 0.275 e. The molecule has 0 aliphatic carbocycles. The van der Waals surface area contributed by atoms with Gasteiger partial charge in [-0.15, -0.1) is 5.10 Å². The zero-order valence-corrected chi connectivity index (χ0v) is 17.4. The minimum absolute atomic E-state index is 0.127. The Kier molecular flexibility index (Phi) is 6.08. The molecule has 0 saturated heterocycles. The minimum Gasteiger partial charge on any atom is -0.340 e. The van der Waals surface area contributed by atoms with Gasteiger partial charge in [0.2, 0.25) is 16.0 Å². The number of nitrogens with zero attached hydrogens (tertiary/aromatic N) is 4. The largest absolute Gasteiger partial charge is 0.340 e. The summed E-state index contributed by atoms with van der Waals surface area (Å²) < 4.78 is 1.29. The monoisotopic (exact) mass is 399 g/mol. The van der Waals surface area contributed by atoms with Crippen LogP contribution in [0, 0.1) is 0 Å². The third-order valence-corrected chi connectivity index (χ3v) is 5.38. The molecule has 0 saturated carbocycles. The Balaban J connectivity index is 1.69. The van der Waals surface area contributed by atoms with Gasteiger partial charge in [0.05, 0.1) is 6.54 Å². The Morgan fingerprint density at radius 1 is 1.29 bits per heavy atom. The van der Waals surface area contributed by atoms with Gasteiger partial charge in [-0.1, -0.05) is 50.7 Å². The highest BCUT2D eigenvalue weighted by Gasteiger charge is 2.15. The van der Waals surface area contributed by atoms with E-state index in [0.717, 1.165) is 24.2 Å². The number of benzene rings is 1. The number of anilines is 2. The molecule has 0 spiro atoms. The maximum Gasteiger partial charge on any atom is 0.275 e. The van der Waals surface area contributed by atoms with Crippen LogP contribution in [0.25, 0.3) is 4.96 Å². The second kappa shape index (κ2) is 8.52. The van der Waals surface area contributed by atoms with Crippen LogP contribution in [0.3, 0.4) is 0 Å². The Morgan fingerprint density at radius 3 is 2.64 bits per heavy atom. The molecule has 0 aliphatic rings. The average molecular weight is 400 g/mol. The molecule has 0 aliphatic heterocycles. The lowest BCUT2D eigenvalue weighted by Crippen LogP contribution is -2.30. The third-order valence-electron chi connectivity index (χ3n) is 4.36. The number of aromatic nitrogens is 3. The normalized spacial score (nSPS) is 11.2. The van der Waals surface area contributed by atoms with Crippen LogP contribution in [0.15, 0.2) is 35.1 Å². The lowest BCUT2D eigenvalue weighted by Gasteiger charge is -2.15. The number of fused-ring (bicyclic) bond motifs is 1. The third kappa shape index (κ3) is 4.56. The standard InChI is InChI=1S/C20H25N5O2S/c1-5-6-16-11-18(27)25-19(22-16)28-20(23-25)24(4)12-17(26)21-15-9-7-14(8-10-15)13(2)3/h7-11,13H,5-6,12H2,1-4H3,(H,21,26). The Bertz CT molecular complexity index is 1020. The van der Waals surface area contributed by atoms with Crippen molar-refractivity contribution in [1.29, 1.82) is 0 Å². The molecule has 8 heteroatoms. The van der Waals surface area contributed by atoms with E-state index in [9.17, 15) is 9.59 Å². The van der Waals surface area contributed by atoms with Gasteiger partial charge in [0, 0.05) is 24.5 Å².